The van der Waals surface area contributed by atoms with Gasteiger partial charge in [-0.3, -0.25) is 19.2 Å². The van der Waals surface area contributed by atoms with Crippen LogP contribution in [0.2, 0.25) is 0 Å². The van der Waals surface area contributed by atoms with Crippen LogP contribution in [0.25, 0.3) is 0 Å². The molecule has 0 spiro atoms. The van der Waals surface area contributed by atoms with E-state index in [4.69, 9.17) is 22.3 Å². The van der Waals surface area contributed by atoms with Crippen LogP contribution in [-0.4, -0.2) is 64.5 Å². The molecule has 0 saturated heterocycles. The fourth-order valence-corrected chi connectivity index (χ4v) is 2.14. The maximum atomic E-state index is 12.4. The molecule has 12 heteroatoms. The fourth-order valence-electron chi connectivity index (χ4n) is 2.14. The highest BCUT2D eigenvalue weighted by Gasteiger charge is 2.28. The highest BCUT2D eigenvalue weighted by Crippen LogP contribution is 2.04. The van der Waals surface area contributed by atoms with Crippen molar-refractivity contribution in [1.82, 2.24) is 10.6 Å². The fraction of sp³-hybridized carbons (Fsp3) is 0.667. The molecular weight excluding hydrogens is 362 g/mol. The number of carbonyl (C=O) groups excluding carboxylic acids is 3. The third kappa shape index (κ3) is 10.8. The predicted molar refractivity (Wildman–Crippen MR) is 93.1 cm³/mol. The molecule has 0 aliphatic rings. The van der Waals surface area contributed by atoms with Gasteiger partial charge in [0.15, 0.2) is 0 Å². The van der Waals surface area contributed by atoms with E-state index in [9.17, 15) is 29.1 Å². The highest BCUT2D eigenvalue weighted by atomic mass is 16.4. The molecule has 0 aromatic carbocycles. The number of carbonyl (C=O) groups is 5. The van der Waals surface area contributed by atoms with Gasteiger partial charge in [0.25, 0.3) is 0 Å². The second-order valence-electron chi connectivity index (χ2n) is 5.95. The van der Waals surface area contributed by atoms with Crippen molar-refractivity contribution in [3.63, 3.8) is 0 Å². The van der Waals surface area contributed by atoms with Crippen molar-refractivity contribution in [3.05, 3.63) is 0 Å². The average Bonchev–Trinajstić information content (AvgIpc) is 2.56. The first kappa shape index (κ1) is 24.3. The van der Waals surface area contributed by atoms with E-state index in [1.165, 1.54) is 0 Å². The first-order valence-corrected chi connectivity index (χ1v) is 8.37. The van der Waals surface area contributed by atoms with Crippen LogP contribution in [0.15, 0.2) is 0 Å². The van der Waals surface area contributed by atoms with Crippen LogP contribution in [0.1, 0.15) is 38.5 Å². The minimum absolute atomic E-state index is 0.132. The predicted octanol–water partition coefficient (Wildman–Crippen LogP) is -2.76. The summed E-state index contributed by atoms with van der Waals surface area (Å²) in [5.41, 5.74) is 15.8. The summed E-state index contributed by atoms with van der Waals surface area (Å²) in [4.78, 5) is 57.2. The van der Waals surface area contributed by atoms with Crippen molar-refractivity contribution in [2.45, 2.75) is 56.7 Å². The Kier molecular flexibility index (Phi) is 11.3. The Balaban J connectivity index is 5.04. The largest absolute Gasteiger partial charge is 0.481 e. The Morgan fingerprint density at radius 3 is 1.96 bits per heavy atom. The van der Waals surface area contributed by atoms with Gasteiger partial charge in [0.2, 0.25) is 17.7 Å². The zero-order valence-electron chi connectivity index (χ0n) is 14.8. The molecule has 0 saturated carbocycles. The minimum atomic E-state index is -1.41. The number of primary amides is 1. The van der Waals surface area contributed by atoms with E-state index in [1.54, 1.807) is 0 Å². The molecule has 10 N–H and O–H groups in total. The van der Waals surface area contributed by atoms with Crippen molar-refractivity contribution < 1.29 is 34.2 Å². The van der Waals surface area contributed by atoms with E-state index in [0.717, 1.165) is 0 Å². The van der Waals surface area contributed by atoms with Crippen LogP contribution in [-0.2, 0) is 24.0 Å². The molecule has 0 aromatic heterocycles. The number of carboxylic acids is 2. The molecule has 0 aliphatic carbocycles. The third-order valence-electron chi connectivity index (χ3n) is 3.61. The molecule has 3 amide bonds. The molecule has 154 valence electrons. The molecule has 0 bridgehead atoms. The van der Waals surface area contributed by atoms with Crippen molar-refractivity contribution >= 4 is 29.7 Å². The quantitative estimate of drug-likeness (QED) is 0.152. The van der Waals surface area contributed by atoms with Gasteiger partial charge >= 0.3 is 11.9 Å². The van der Waals surface area contributed by atoms with E-state index in [0.29, 0.717) is 19.4 Å². The average molecular weight is 389 g/mol. The molecule has 27 heavy (non-hydrogen) atoms. The Hall–Kier alpha value is -2.73. The lowest BCUT2D eigenvalue weighted by Crippen LogP contribution is -2.54. The Morgan fingerprint density at radius 2 is 1.48 bits per heavy atom. The van der Waals surface area contributed by atoms with Crippen molar-refractivity contribution in [2.24, 2.45) is 17.2 Å². The molecule has 0 fully saturated rings. The second-order valence-corrected chi connectivity index (χ2v) is 5.95. The first-order valence-electron chi connectivity index (χ1n) is 8.37. The van der Waals surface area contributed by atoms with Crippen LogP contribution in [0.3, 0.4) is 0 Å². The molecule has 3 atom stereocenters. The van der Waals surface area contributed by atoms with Crippen LogP contribution in [0.4, 0.5) is 0 Å². The number of aliphatic carboxylic acids is 2. The molecule has 0 aromatic rings. The minimum Gasteiger partial charge on any atom is -0.481 e. The smallest absolute Gasteiger partial charge is 0.326 e. The number of amides is 3. The van der Waals surface area contributed by atoms with Crippen molar-refractivity contribution in [2.75, 3.05) is 6.54 Å². The van der Waals surface area contributed by atoms with E-state index >= 15 is 0 Å². The second kappa shape index (κ2) is 12.6. The maximum absolute atomic E-state index is 12.4. The summed E-state index contributed by atoms with van der Waals surface area (Å²) in [7, 11) is 0. The SMILES string of the molecule is NCCCCC(NC(=O)C(CCC(N)=O)NC(=O)C(N)CC(=O)O)C(=O)O. The summed E-state index contributed by atoms with van der Waals surface area (Å²) in [6.07, 6.45) is 0.0699. The molecule has 0 heterocycles. The van der Waals surface area contributed by atoms with Crippen molar-refractivity contribution in [3.8, 4) is 0 Å². The van der Waals surface area contributed by atoms with Gasteiger partial charge in [-0.2, -0.15) is 0 Å². The number of hydrogen-bond acceptors (Lipinski definition) is 7. The van der Waals surface area contributed by atoms with Crippen LogP contribution in [0, 0.1) is 0 Å². The third-order valence-corrected chi connectivity index (χ3v) is 3.61. The van der Waals surface area contributed by atoms with Gasteiger partial charge in [-0.25, -0.2) is 4.79 Å². The number of carboxylic acid groups (broad SMARTS) is 2. The van der Waals surface area contributed by atoms with Gasteiger partial charge in [-0.1, -0.05) is 0 Å². The number of nitrogens with two attached hydrogens (primary N) is 3. The summed E-state index contributed by atoms with van der Waals surface area (Å²) in [5, 5.41) is 22.4. The molecule has 3 unspecified atom stereocenters. The molecule has 0 radical (unpaired) electrons. The monoisotopic (exact) mass is 389 g/mol. The zero-order chi connectivity index (χ0) is 21.0. The van der Waals surface area contributed by atoms with Gasteiger partial charge in [0.1, 0.15) is 12.1 Å². The Bertz CT molecular complexity index is 555. The number of nitrogens with one attached hydrogen (secondary N) is 2. The number of unbranched alkanes of at least 4 members (excludes halogenated alkanes) is 1. The first-order chi connectivity index (χ1) is 12.6. The van der Waals surface area contributed by atoms with Crippen LogP contribution >= 0.6 is 0 Å². The highest BCUT2D eigenvalue weighted by molar-refractivity contribution is 5.93. The van der Waals surface area contributed by atoms with Crippen LogP contribution < -0.4 is 27.8 Å². The molecule has 0 rings (SSSR count). The zero-order valence-corrected chi connectivity index (χ0v) is 14.8. The van der Waals surface area contributed by atoms with E-state index in [1.807, 2.05) is 0 Å². The summed E-state index contributed by atoms with van der Waals surface area (Å²) in [6, 6.07) is -3.91. The van der Waals surface area contributed by atoms with Gasteiger partial charge in [0.05, 0.1) is 12.5 Å². The topological polar surface area (TPSA) is 228 Å². The van der Waals surface area contributed by atoms with Gasteiger partial charge in [0, 0.05) is 6.42 Å². The normalized spacial score (nSPS) is 13.9. The Morgan fingerprint density at radius 1 is 0.889 bits per heavy atom. The number of hydrogen-bond donors (Lipinski definition) is 7. The van der Waals surface area contributed by atoms with Gasteiger partial charge in [-0.15, -0.1) is 0 Å². The van der Waals surface area contributed by atoms with Crippen LogP contribution in [0.5, 0.6) is 0 Å². The van der Waals surface area contributed by atoms with Gasteiger partial charge < -0.3 is 38.0 Å². The molecule has 12 nitrogen and oxygen atoms in total. The maximum Gasteiger partial charge on any atom is 0.326 e. The Labute approximate surface area is 155 Å². The number of rotatable bonds is 14. The standard InChI is InChI=1S/C15H27N5O7/c16-6-2-1-3-10(15(26)27)20-14(25)9(4-5-11(18)21)19-13(24)8(17)7-12(22)23/h8-10H,1-7,16-17H2,(H2,18,21)(H,19,24)(H,20,25)(H,22,23)(H,26,27). The lowest BCUT2D eigenvalue weighted by atomic mass is 10.1. The van der Waals surface area contributed by atoms with E-state index in [2.05, 4.69) is 10.6 Å². The summed E-state index contributed by atoms with van der Waals surface area (Å²) >= 11 is 0. The lowest BCUT2D eigenvalue weighted by Gasteiger charge is -2.22. The summed E-state index contributed by atoms with van der Waals surface area (Å²) in [6.45, 7) is 0.374. The lowest BCUT2D eigenvalue weighted by molar-refractivity contribution is -0.143. The molecular formula is C15H27N5O7. The summed E-state index contributed by atoms with van der Waals surface area (Å²) in [5.74, 6) is -5.05. The van der Waals surface area contributed by atoms with Gasteiger partial charge in [-0.05, 0) is 32.2 Å². The van der Waals surface area contributed by atoms with E-state index < -0.39 is 54.2 Å². The summed E-state index contributed by atoms with van der Waals surface area (Å²) < 4.78 is 0. The molecule has 0 aliphatic heterocycles. The van der Waals surface area contributed by atoms with E-state index in [-0.39, 0.29) is 19.3 Å². The van der Waals surface area contributed by atoms with Crippen molar-refractivity contribution in [1.29, 1.82) is 0 Å².